The van der Waals surface area contributed by atoms with Gasteiger partial charge < -0.3 is 10.2 Å². The first-order chi connectivity index (χ1) is 8.52. The maximum Gasteiger partial charge on any atom is 0.337 e. The van der Waals surface area contributed by atoms with Gasteiger partial charge in [-0.05, 0) is 12.0 Å². The minimum atomic E-state index is -1.69. The Kier molecular flexibility index (Phi) is 5.31. The second kappa shape index (κ2) is 6.52. The first-order valence-corrected chi connectivity index (χ1v) is 6.18. The van der Waals surface area contributed by atoms with Gasteiger partial charge in [0.05, 0.1) is 0 Å². The van der Waals surface area contributed by atoms with Crippen LogP contribution in [0.5, 0.6) is 0 Å². The normalized spacial score (nSPS) is 12.2. The van der Waals surface area contributed by atoms with E-state index in [0.29, 0.717) is 6.42 Å². The summed E-state index contributed by atoms with van der Waals surface area (Å²) in [7, 11) is 0. The fraction of sp³-hybridized carbons (Fsp3) is 0.385. The number of benzene rings is 1. The predicted molar refractivity (Wildman–Crippen MR) is 68.1 cm³/mol. The highest BCUT2D eigenvalue weighted by molar-refractivity contribution is 6.19. The van der Waals surface area contributed by atoms with Crippen LogP contribution in [0.4, 0.5) is 0 Å². The van der Waals surface area contributed by atoms with Crippen LogP contribution in [0, 0.1) is 0 Å². The van der Waals surface area contributed by atoms with E-state index in [1.807, 2.05) is 6.92 Å². The van der Waals surface area contributed by atoms with Crippen LogP contribution >= 0.6 is 11.6 Å². The van der Waals surface area contributed by atoms with Crippen molar-refractivity contribution in [2.75, 3.05) is 5.88 Å². The first-order valence-electron chi connectivity index (χ1n) is 5.64. The number of Topliss-reactive ketones (excluding diaryl/α,β-unsaturated/α-hetero) is 1. The summed E-state index contributed by atoms with van der Waals surface area (Å²) >= 11 is 5.54. The summed E-state index contributed by atoms with van der Waals surface area (Å²) in [6.45, 7) is 1.86. The Labute approximate surface area is 110 Å². The van der Waals surface area contributed by atoms with Gasteiger partial charge in [-0.2, -0.15) is 0 Å². The average Bonchev–Trinajstić information content (AvgIpc) is 2.36. The summed E-state index contributed by atoms with van der Waals surface area (Å²) in [5.74, 6) is -1.44. The van der Waals surface area contributed by atoms with Crippen molar-refractivity contribution in [3.8, 4) is 0 Å². The molecule has 2 N–H and O–H groups in total. The number of alkyl halides is 1. The summed E-state index contributed by atoms with van der Waals surface area (Å²) in [6.07, 6.45) is -0.979. The first kappa shape index (κ1) is 14.7. The van der Waals surface area contributed by atoms with Gasteiger partial charge in [-0.15, -0.1) is 11.6 Å². The molecule has 0 heterocycles. The van der Waals surface area contributed by atoms with Crippen LogP contribution in [0.3, 0.4) is 0 Å². The van der Waals surface area contributed by atoms with Crippen LogP contribution in [0.2, 0.25) is 0 Å². The number of aryl methyl sites for hydroxylation is 1. The summed E-state index contributed by atoms with van der Waals surface area (Å²) < 4.78 is 0. The lowest BCUT2D eigenvalue weighted by Gasteiger charge is -2.14. The van der Waals surface area contributed by atoms with Gasteiger partial charge in [-0.1, -0.05) is 25.1 Å². The zero-order valence-electron chi connectivity index (χ0n) is 10.0. The van der Waals surface area contributed by atoms with Crippen molar-refractivity contribution in [1.82, 2.24) is 0 Å². The molecule has 0 saturated carbocycles. The number of aliphatic hydroxyl groups is 1. The molecule has 98 valence electrons. The van der Waals surface area contributed by atoms with E-state index in [2.05, 4.69) is 0 Å². The van der Waals surface area contributed by atoms with Crippen LogP contribution in [-0.2, 0) is 11.2 Å². The Bertz CT molecular complexity index is 456. The Morgan fingerprint density at radius 2 is 2.06 bits per heavy atom. The number of aliphatic hydroxyl groups excluding tert-OH is 1. The molecule has 0 radical (unpaired) electrons. The highest BCUT2D eigenvalue weighted by Crippen LogP contribution is 2.24. The largest absolute Gasteiger partial charge is 0.479 e. The molecule has 18 heavy (non-hydrogen) atoms. The maximum absolute atomic E-state index is 12.0. The minimum Gasteiger partial charge on any atom is -0.479 e. The fourth-order valence-corrected chi connectivity index (χ4v) is 2.00. The molecule has 0 saturated heterocycles. The van der Waals surface area contributed by atoms with Gasteiger partial charge in [0.25, 0.3) is 0 Å². The van der Waals surface area contributed by atoms with E-state index in [4.69, 9.17) is 16.7 Å². The van der Waals surface area contributed by atoms with Crippen molar-refractivity contribution >= 4 is 23.4 Å². The van der Waals surface area contributed by atoms with Crippen LogP contribution in [-0.4, -0.2) is 27.8 Å². The summed E-state index contributed by atoms with van der Waals surface area (Å²) in [6, 6.07) is 4.84. The number of carbonyl (C=O) groups is 2. The van der Waals surface area contributed by atoms with E-state index in [9.17, 15) is 14.7 Å². The molecule has 1 unspecified atom stereocenters. The lowest BCUT2D eigenvalue weighted by atomic mass is 9.92. The van der Waals surface area contributed by atoms with Crippen LogP contribution < -0.4 is 0 Å². The molecule has 0 aliphatic carbocycles. The summed E-state index contributed by atoms with van der Waals surface area (Å²) in [4.78, 5) is 22.8. The molecule has 1 aromatic carbocycles. The Balaban J connectivity index is 3.33. The minimum absolute atomic E-state index is 0.123. The van der Waals surface area contributed by atoms with Crippen LogP contribution in [0.25, 0.3) is 0 Å². The van der Waals surface area contributed by atoms with E-state index in [1.54, 1.807) is 12.1 Å². The molecule has 1 atom stereocenters. The quantitative estimate of drug-likeness (QED) is 0.614. The molecule has 0 fully saturated rings. The standard InChI is InChI=1S/C13H15ClO4/c1-2-8-4-3-5-9(12(16)13(17)18)11(8)10(15)6-7-14/h3-5,12,16H,2,6-7H2,1H3,(H,17,18). The van der Waals surface area contributed by atoms with Gasteiger partial charge in [-0.3, -0.25) is 4.79 Å². The highest BCUT2D eigenvalue weighted by Gasteiger charge is 2.24. The molecule has 0 spiro atoms. The number of aliphatic carboxylic acids is 1. The third-order valence-corrected chi connectivity index (χ3v) is 2.88. The van der Waals surface area contributed by atoms with Gasteiger partial charge in [0, 0.05) is 23.4 Å². The number of carboxylic acids is 1. The molecular formula is C13H15ClO4. The number of halogens is 1. The number of hydrogen-bond acceptors (Lipinski definition) is 3. The van der Waals surface area contributed by atoms with E-state index >= 15 is 0 Å². The zero-order chi connectivity index (χ0) is 13.7. The molecule has 5 heteroatoms. The molecule has 0 amide bonds. The van der Waals surface area contributed by atoms with E-state index in [0.717, 1.165) is 5.56 Å². The van der Waals surface area contributed by atoms with Crippen molar-refractivity contribution in [2.24, 2.45) is 0 Å². The predicted octanol–water partition coefficient (Wildman–Crippen LogP) is 2.18. The maximum atomic E-state index is 12.0. The zero-order valence-corrected chi connectivity index (χ0v) is 10.8. The monoisotopic (exact) mass is 270 g/mol. The molecule has 4 nitrogen and oxygen atoms in total. The number of rotatable bonds is 6. The second-order valence-corrected chi connectivity index (χ2v) is 4.22. The summed E-state index contributed by atoms with van der Waals surface area (Å²) in [5, 5.41) is 18.5. The molecule has 0 aliphatic heterocycles. The van der Waals surface area contributed by atoms with Crippen molar-refractivity contribution in [1.29, 1.82) is 0 Å². The van der Waals surface area contributed by atoms with Crippen molar-refractivity contribution in [2.45, 2.75) is 25.9 Å². The van der Waals surface area contributed by atoms with Gasteiger partial charge >= 0.3 is 5.97 Å². The Morgan fingerprint density at radius 1 is 1.39 bits per heavy atom. The number of hydrogen-bond donors (Lipinski definition) is 2. The molecule has 0 aromatic heterocycles. The van der Waals surface area contributed by atoms with Crippen molar-refractivity contribution < 1.29 is 19.8 Å². The SMILES string of the molecule is CCc1cccc(C(O)C(=O)O)c1C(=O)CCCl. The van der Waals surface area contributed by atoms with E-state index in [-0.39, 0.29) is 29.2 Å². The fourth-order valence-electron chi connectivity index (χ4n) is 1.83. The van der Waals surface area contributed by atoms with E-state index in [1.165, 1.54) is 6.07 Å². The molecule has 1 rings (SSSR count). The van der Waals surface area contributed by atoms with Gasteiger partial charge in [0.15, 0.2) is 11.9 Å². The van der Waals surface area contributed by atoms with Gasteiger partial charge in [0.2, 0.25) is 0 Å². The Morgan fingerprint density at radius 3 is 2.56 bits per heavy atom. The second-order valence-electron chi connectivity index (χ2n) is 3.84. The topological polar surface area (TPSA) is 74.6 Å². The molecular weight excluding hydrogens is 256 g/mol. The molecule has 0 bridgehead atoms. The third-order valence-electron chi connectivity index (χ3n) is 2.69. The number of carboxylic acid groups (broad SMARTS) is 1. The lowest BCUT2D eigenvalue weighted by molar-refractivity contribution is -0.146. The van der Waals surface area contributed by atoms with Crippen molar-refractivity contribution in [3.63, 3.8) is 0 Å². The molecule has 0 aliphatic rings. The third kappa shape index (κ3) is 3.09. The van der Waals surface area contributed by atoms with E-state index < -0.39 is 12.1 Å². The average molecular weight is 271 g/mol. The molecule has 1 aromatic rings. The Hall–Kier alpha value is -1.39. The lowest BCUT2D eigenvalue weighted by Crippen LogP contribution is -2.17. The van der Waals surface area contributed by atoms with Gasteiger partial charge in [0.1, 0.15) is 0 Å². The number of ketones is 1. The number of carbonyl (C=O) groups excluding carboxylic acids is 1. The van der Waals surface area contributed by atoms with Crippen LogP contribution in [0.15, 0.2) is 18.2 Å². The van der Waals surface area contributed by atoms with Crippen molar-refractivity contribution in [3.05, 3.63) is 34.9 Å². The van der Waals surface area contributed by atoms with Gasteiger partial charge in [-0.25, -0.2) is 4.79 Å². The van der Waals surface area contributed by atoms with Crippen LogP contribution in [0.1, 0.15) is 40.9 Å². The smallest absolute Gasteiger partial charge is 0.337 e. The highest BCUT2D eigenvalue weighted by atomic mass is 35.5. The summed E-state index contributed by atoms with van der Waals surface area (Å²) in [5.41, 5.74) is 1.15.